The third-order valence-corrected chi connectivity index (χ3v) is 4.96. The number of amides is 1. The van der Waals surface area contributed by atoms with Gasteiger partial charge in [-0.2, -0.15) is 0 Å². The van der Waals surface area contributed by atoms with Gasteiger partial charge in [-0.25, -0.2) is 0 Å². The van der Waals surface area contributed by atoms with E-state index in [1.807, 2.05) is 0 Å². The van der Waals surface area contributed by atoms with Crippen LogP contribution in [0.2, 0.25) is 0 Å². The van der Waals surface area contributed by atoms with E-state index in [0.717, 1.165) is 0 Å². The van der Waals surface area contributed by atoms with Gasteiger partial charge in [-0.1, -0.05) is 36.4 Å². The zero-order valence-corrected chi connectivity index (χ0v) is 16.3. The Kier molecular flexibility index (Phi) is 6.66. The van der Waals surface area contributed by atoms with Crippen LogP contribution in [0.3, 0.4) is 0 Å². The third kappa shape index (κ3) is 5.15. The second-order valence-electron chi connectivity index (χ2n) is 6.11. The van der Waals surface area contributed by atoms with Gasteiger partial charge >= 0.3 is 5.97 Å². The summed E-state index contributed by atoms with van der Waals surface area (Å²) in [7, 11) is 0. The normalized spacial score (nSPS) is 11.3. The van der Waals surface area contributed by atoms with Gasteiger partial charge in [0.1, 0.15) is 6.54 Å². The van der Waals surface area contributed by atoms with E-state index in [2.05, 4.69) is 5.32 Å². The average Bonchev–Trinajstić information content (AvgIpc) is 3.31. The van der Waals surface area contributed by atoms with Crippen LogP contribution in [-0.4, -0.2) is 29.1 Å². The second-order valence-corrected chi connectivity index (χ2v) is 7.06. The van der Waals surface area contributed by atoms with E-state index in [1.54, 1.807) is 47.8 Å². The Bertz CT molecular complexity index is 1050. The molecule has 1 atom stereocenters. The molecule has 152 valence electrons. The summed E-state index contributed by atoms with van der Waals surface area (Å²) in [4.78, 5) is 48.0. The van der Waals surface area contributed by atoms with Crippen molar-refractivity contribution in [3.8, 4) is 0 Å². The van der Waals surface area contributed by atoms with Crippen LogP contribution in [0.4, 0.5) is 5.69 Å². The van der Waals surface area contributed by atoms with Gasteiger partial charge in [0.2, 0.25) is 5.78 Å². The number of Topliss-reactive ketones (excluding diaryl/α,β-unsaturated/α-hetero) is 1. The molecule has 30 heavy (non-hydrogen) atoms. The molecule has 0 aliphatic rings. The van der Waals surface area contributed by atoms with E-state index in [1.165, 1.54) is 35.6 Å². The van der Waals surface area contributed by atoms with Crippen molar-refractivity contribution in [2.24, 2.45) is 0 Å². The number of nitrogens with zero attached hydrogens (tertiary/aromatic N) is 1. The summed E-state index contributed by atoms with van der Waals surface area (Å²) in [5, 5.41) is 15.0. The Labute approximate surface area is 175 Å². The fourth-order valence-electron chi connectivity index (χ4n) is 2.62. The van der Waals surface area contributed by atoms with E-state index < -0.39 is 35.2 Å². The molecule has 9 heteroatoms. The maximum Gasteiger partial charge on any atom is 0.326 e. The number of nitro groups is 1. The number of ether oxygens (including phenoxy) is 1. The summed E-state index contributed by atoms with van der Waals surface area (Å²) in [5.74, 6) is -1.72. The van der Waals surface area contributed by atoms with Crippen LogP contribution in [0, 0.1) is 10.1 Å². The molecule has 3 aromatic rings. The van der Waals surface area contributed by atoms with Crippen molar-refractivity contribution in [3.05, 3.63) is 98.2 Å². The van der Waals surface area contributed by atoms with Gasteiger partial charge in [-0.3, -0.25) is 24.5 Å². The number of rotatable bonds is 8. The largest absolute Gasteiger partial charge is 0.448 e. The fraction of sp³-hybridized carbons (Fsp3) is 0.0952. The Morgan fingerprint density at radius 1 is 1.00 bits per heavy atom. The van der Waals surface area contributed by atoms with Crippen molar-refractivity contribution < 1.29 is 24.0 Å². The lowest BCUT2D eigenvalue weighted by Gasteiger charge is -2.17. The van der Waals surface area contributed by atoms with Gasteiger partial charge in [-0.05, 0) is 23.6 Å². The molecule has 0 saturated heterocycles. The first kappa shape index (κ1) is 20.9. The highest BCUT2D eigenvalue weighted by molar-refractivity contribution is 7.12. The Morgan fingerprint density at radius 2 is 1.70 bits per heavy atom. The number of esters is 1. The van der Waals surface area contributed by atoms with Crippen LogP contribution in [0.25, 0.3) is 0 Å². The second kappa shape index (κ2) is 9.57. The summed E-state index contributed by atoms with van der Waals surface area (Å²) >= 11 is 1.23. The number of benzene rings is 2. The summed E-state index contributed by atoms with van der Waals surface area (Å²) in [5.41, 5.74) is 0.447. The molecule has 1 aromatic heterocycles. The van der Waals surface area contributed by atoms with Gasteiger partial charge in [0.15, 0.2) is 6.10 Å². The quantitative estimate of drug-likeness (QED) is 0.256. The van der Waals surface area contributed by atoms with E-state index in [4.69, 9.17) is 4.74 Å². The molecule has 3 rings (SSSR count). The number of hydrogen-bond donors (Lipinski definition) is 1. The standard InChI is InChI=1S/C21H16N2O6S/c24-18(13-22-21(26)17-7-4-12-30-17)29-20(19(25)14-5-2-1-3-6-14)15-8-10-16(11-9-15)23(27)28/h1-12,20H,13H2,(H,22,26). The van der Waals surface area contributed by atoms with E-state index in [9.17, 15) is 24.5 Å². The highest BCUT2D eigenvalue weighted by Crippen LogP contribution is 2.25. The molecule has 0 fully saturated rings. The number of nitrogens with one attached hydrogen (secondary N) is 1. The molecule has 0 aliphatic heterocycles. The number of carbonyl (C=O) groups is 3. The Hall–Kier alpha value is -3.85. The van der Waals surface area contributed by atoms with Crippen LogP contribution in [0.1, 0.15) is 31.7 Å². The van der Waals surface area contributed by atoms with Crippen LogP contribution < -0.4 is 5.32 Å². The molecular weight excluding hydrogens is 408 g/mol. The monoisotopic (exact) mass is 424 g/mol. The number of nitro benzene ring substituents is 1. The lowest BCUT2D eigenvalue weighted by atomic mass is 9.99. The SMILES string of the molecule is O=C(CNC(=O)c1cccs1)OC(C(=O)c1ccccc1)c1ccc([N+](=O)[O-])cc1. The molecular formula is C21H16N2O6S. The van der Waals surface area contributed by atoms with Crippen LogP contribution >= 0.6 is 11.3 Å². The van der Waals surface area contributed by atoms with Gasteiger partial charge in [-0.15, -0.1) is 11.3 Å². The molecule has 2 aromatic carbocycles. The lowest BCUT2D eigenvalue weighted by molar-refractivity contribution is -0.384. The molecule has 0 bridgehead atoms. The third-order valence-electron chi connectivity index (χ3n) is 4.09. The Balaban J connectivity index is 1.76. The average molecular weight is 424 g/mol. The molecule has 1 unspecified atom stereocenters. The van der Waals surface area contributed by atoms with Crippen molar-refractivity contribution in [1.29, 1.82) is 0 Å². The zero-order chi connectivity index (χ0) is 21.5. The maximum atomic E-state index is 12.9. The number of ketones is 1. The van der Waals surface area contributed by atoms with Crippen LogP contribution in [0.15, 0.2) is 72.1 Å². The first-order valence-corrected chi connectivity index (χ1v) is 9.68. The highest BCUT2D eigenvalue weighted by Gasteiger charge is 2.27. The first-order valence-electron chi connectivity index (χ1n) is 8.80. The zero-order valence-electron chi connectivity index (χ0n) is 15.5. The fourth-order valence-corrected chi connectivity index (χ4v) is 3.26. The van der Waals surface area contributed by atoms with E-state index >= 15 is 0 Å². The molecule has 8 nitrogen and oxygen atoms in total. The minimum Gasteiger partial charge on any atom is -0.448 e. The number of hydrogen-bond acceptors (Lipinski definition) is 7. The maximum absolute atomic E-state index is 12.9. The van der Waals surface area contributed by atoms with Crippen molar-refractivity contribution in [3.63, 3.8) is 0 Å². The van der Waals surface area contributed by atoms with Gasteiger partial charge in [0.25, 0.3) is 11.6 Å². The lowest BCUT2D eigenvalue weighted by Crippen LogP contribution is -2.32. The predicted molar refractivity (Wildman–Crippen MR) is 109 cm³/mol. The summed E-state index contributed by atoms with van der Waals surface area (Å²) in [6.07, 6.45) is -1.31. The van der Waals surface area contributed by atoms with Gasteiger partial charge in [0.05, 0.1) is 9.80 Å². The molecule has 0 radical (unpaired) electrons. The van der Waals surface area contributed by atoms with Crippen LogP contribution in [-0.2, 0) is 9.53 Å². The molecule has 0 spiro atoms. The number of thiophene rings is 1. The highest BCUT2D eigenvalue weighted by atomic mass is 32.1. The number of carbonyl (C=O) groups excluding carboxylic acids is 3. The summed E-state index contributed by atoms with van der Waals surface area (Å²) < 4.78 is 5.35. The van der Waals surface area contributed by atoms with Gasteiger partial charge < -0.3 is 10.1 Å². The molecule has 1 amide bonds. The smallest absolute Gasteiger partial charge is 0.326 e. The number of non-ortho nitro benzene ring substituents is 1. The molecule has 0 aliphatic carbocycles. The van der Waals surface area contributed by atoms with Crippen LogP contribution in [0.5, 0.6) is 0 Å². The van der Waals surface area contributed by atoms with Crippen molar-refractivity contribution in [1.82, 2.24) is 5.32 Å². The van der Waals surface area contributed by atoms with Crippen molar-refractivity contribution in [2.45, 2.75) is 6.10 Å². The summed E-state index contributed by atoms with van der Waals surface area (Å²) in [6.45, 7) is -0.428. The van der Waals surface area contributed by atoms with Crippen molar-refractivity contribution in [2.75, 3.05) is 6.54 Å². The predicted octanol–water partition coefficient (Wildman–Crippen LogP) is 3.55. The van der Waals surface area contributed by atoms with Crippen molar-refractivity contribution >= 4 is 34.7 Å². The molecule has 0 saturated carbocycles. The van der Waals surface area contributed by atoms with Gasteiger partial charge in [0, 0.05) is 23.3 Å². The minimum absolute atomic E-state index is 0.154. The minimum atomic E-state index is -1.31. The molecule has 1 N–H and O–H groups in total. The van der Waals surface area contributed by atoms with E-state index in [-0.39, 0.29) is 11.3 Å². The topological polar surface area (TPSA) is 116 Å². The van der Waals surface area contributed by atoms with E-state index in [0.29, 0.717) is 10.4 Å². The Morgan fingerprint density at radius 3 is 2.30 bits per heavy atom. The first-order chi connectivity index (χ1) is 14.5. The summed E-state index contributed by atoms with van der Waals surface area (Å²) in [6, 6.07) is 16.7. The molecule has 1 heterocycles.